The molecule has 0 heterocycles. The second-order valence-corrected chi connectivity index (χ2v) is 4.50. The second-order valence-electron chi connectivity index (χ2n) is 4.06. The van der Waals surface area contributed by atoms with Crippen LogP contribution < -0.4 is 0 Å². The van der Waals surface area contributed by atoms with Crippen molar-refractivity contribution in [1.29, 1.82) is 0 Å². The Hall–Kier alpha value is -1.35. The van der Waals surface area contributed by atoms with Crippen molar-refractivity contribution in [1.82, 2.24) is 0 Å². The third-order valence-electron chi connectivity index (χ3n) is 2.77. The van der Waals surface area contributed by atoms with Crippen LogP contribution in [-0.2, 0) is 9.59 Å². The molecule has 16 heavy (non-hydrogen) atoms. The third-order valence-corrected chi connectivity index (χ3v) is 3.01. The molecule has 0 bridgehead atoms. The summed E-state index contributed by atoms with van der Waals surface area (Å²) in [6, 6.07) is 4.68. The van der Waals surface area contributed by atoms with Crippen LogP contribution in [0.3, 0.4) is 0 Å². The monoisotopic (exact) mass is 238 g/mol. The number of phenolic OH excluding ortho intramolecular Hbond substituents is 1. The van der Waals surface area contributed by atoms with Crippen molar-refractivity contribution in [3.8, 4) is 5.75 Å². The molecular formula is C12H11ClO3. The van der Waals surface area contributed by atoms with Gasteiger partial charge in [0.05, 0.1) is 6.42 Å². The number of aromatic hydroxyl groups is 1. The summed E-state index contributed by atoms with van der Waals surface area (Å²) in [5, 5.41) is 10.2. The Labute approximate surface area is 98.0 Å². The van der Waals surface area contributed by atoms with Crippen LogP contribution in [0.2, 0.25) is 5.02 Å². The van der Waals surface area contributed by atoms with Gasteiger partial charge in [0.1, 0.15) is 17.3 Å². The van der Waals surface area contributed by atoms with Crippen LogP contribution in [-0.4, -0.2) is 16.7 Å². The highest BCUT2D eigenvalue weighted by Crippen LogP contribution is 2.35. The number of halogens is 1. The number of hydrogen-bond acceptors (Lipinski definition) is 3. The molecule has 0 saturated heterocycles. The summed E-state index contributed by atoms with van der Waals surface area (Å²) < 4.78 is 0. The van der Waals surface area contributed by atoms with Gasteiger partial charge in [-0.2, -0.15) is 0 Å². The molecule has 1 aliphatic carbocycles. The Morgan fingerprint density at radius 3 is 2.44 bits per heavy atom. The lowest BCUT2D eigenvalue weighted by Gasteiger charge is -2.21. The zero-order valence-electron chi connectivity index (χ0n) is 8.57. The van der Waals surface area contributed by atoms with Gasteiger partial charge < -0.3 is 5.11 Å². The minimum atomic E-state index is -0.229. The number of hydrogen-bond donors (Lipinski definition) is 1. The SMILES string of the molecule is O=C1CC(=O)CC(c2cc(Cl)ccc2O)C1. The summed E-state index contributed by atoms with van der Waals surface area (Å²) >= 11 is 5.83. The molecule has 84 valence electrons. The number of phenols is 1. The van der Waals surface area contributed by atoms with Crippen molar-refractivity contribution in [2.45, 2.75) is 25.2 Å². The molecule has 1 N–H and O–H groups in total. The molecule has 0 aromatic heterocycles. The predicted octanol–water partition coefficient (Wildman–Crippen LogP) is 2.45. The Balaban J connectivity index is 2.32. The normalized spacial score (nSPS) is 17.8. The van der Waals surface area contributed by atoms with Gasteiger partial charge in [0.15, 0.2) is 0 Å². The lowest BCUT2D eigenvalue weighted by molar-refractivity contribution is -0.130. The van der Waals surface area contributed by atoms with E-state index in [0.29, 0.717) is 23.4 Å². The smallest absolute Gasteiger partial charge is 0.140 e. The first-order valence-corrected chi connectivity index (χ1v) is 5.46. The van der Waals surface area contributed by atoms with E-state index in [1.807, 2.05) is 0 Å². The van der Waals surface area contributed by atoms with Crippen LogP contribution >= 0.6 is 11.6 Å². The summed E-state index contributed by atoms with van der Waals surface area (Å²) in [4.78, 5) is 22.6. The lowest BCUT2D eigenvalue weighted by Crippen LogP contribution is -2.21. The molecule has 0 aliphatic heterocycles. The number of carbonyl (C=O) groups is 2. The van der Waals surface area contributed by atoms with Gasteiger partial charge in [-0.1, -0.05) is 11.6 Å². The van der Waals surface area contributed by atoms with Crippen molar-refractivity contribution in [2.75, 3.05) is 0 Å². The fourth-order valence-electron chi connectivity index (χ4n) is 2.06. The summed E-state index contributed by atoms with van der Waals surface area (Å²) in [5.41, 5.74) is 0.592. The molecule has 0 atom stereocenters. The van der Waals surface area contributed by atoms with Crippen molar-refractivity contribution >= 4 is 23.2 Å². The number of benzene rings is 1. The van der Waals surface area contributed by atoms with E-state index in [4.69, 9.17) is 11.6 Å². The topological polar surface area (TPSA) is 54.4 Å². The average molecular weight is 239 g/mol. The zero-order chi connectivity index (χ0) is 11.7. The van der Waals surface area contributed by atoms with E-state index in [1.54, 1.807) is 12.1 Å². The number of ketones is 2. The largest absolute Gasteiger partial charge is 0.508 e. The molecule has 4 heteroatoms. The second kappa shape index (κ2) is 4.26. The molecule has 3 nitrogen and oxygen atoms in total. The van der Waals surface area contributed by atoms with Crippen LogP contribution in [0.4, 0.5) is 0 Å². The maximum absolute atomic E-state index is 11.3. The Morgan fingerprint density at radius 1 is 1.19 bits per heavy atom. The minimum Gasteiger partial charge on any atom is -0.508 e. The van der Waals surface area contributed by atoms with E-state index in [1.165, 1.54) is 6.07 Å². The Bertz CT molecular complexity index is 438. The number of rotatable bonds is 1. The molecule has 0 unspecified atom stereocenters. The Kier molecular flexibility index (Phi) is 2.97. The van der Waals surface area contributed by atoms with Crippen molar-refractivity contribution < 1.29 is 14.7 Å². The average Bonchev–Trinajstić information content (AvgIpc) is 2.20. The van der Waals surface area contributed by atoms with Gasteiger partial charge in [0.2, 0.25) is 0 Å². The van der Waals surface area contributed by atoms with Gasteiger partial charge in [0, 0.05) is 23.8 Å². The molecule has 0 amide bonds. The molecule has 0 radical (unpaired) electrons. The molecule has 1 aromatic carbocycles. The fraction of sp³-hybridized carbons (Fsp3) is 0.333. The van der Waals surface area contributed by atoms with Crippen LogP contribution in [0.1, 0.15) is 30.7 Å². The van der Waals surface area contributed by atoms with E-state index in [2.05, 4.69) is 0 Å². The van der Waals surface area contributed by atoms with Crippen molar-refractivity contribution in [3.63, 3.8) is 0 Å². The van der Waals surface area contributed by atoms with E-state index in [9.17, 15) is 14.7 Å². The highest BCUT2D eigenvalue weighted by molar-refractivity contribution is 6.30. The standard InChI is InChI=1S/C12H11ClO3/c13-8-1-2-12(16)11(5-8)7-3-9(14)6-10(15)4-7/h1-2,5,7,16H,3-4,6H2. The first-order valence-electron chi connectivity index (χ1n) is 5.08. The van der Waals surface area contributed by atoms with Gasteiger partial charge in [0.25, 0.3) is 0 Å². The summed E-state index contributed by atoms with van der Waals surface area (Å²) in [6.45, 7) is 0. The first-order chi connectivity index (χ1) is 7.56. The summed E-state index contributed by atoms with van der Waals surface area (Å²) in [5.74, 6) is -0.273. The van der Waals surface area contributed by atoms with E-state index in [0.717, 1.165) is 0 Å². The molecular weight excluding hydrogens is 228 g/mol. The molecule has 1 saturated carbocycles. The molecule has 1 aromatic rings. The molecule has 0 spiro atoms. The van der Waals surface area contributed by atoms with E-state index >= 15 is 0 Å². The Morgan fingerprint density at radius 2 is 1.81 bits per heavy atom. The predicted molar refractivity (Wildman–Crippen MR) is 59.7 cm³/mol. The van der Waals surface area contributed by atoms with Crippen LogP contribution in [0.5, 0.6) is 5.75 Å². The van der Waals surface area contributed by atoms with Gasteiger partial charge in [-0.15, -0.1) is 0 Å². The van der Waals surface area contributed by atoms with Crippen LogP contribution in [0.25, 0.3) is 0 Å². The summed E-state index contributed by atoms with van der Waals surface area (Å²) in [6.07, 6.45) is 0.636. The maximum Gasteiger partial charge on any atom is 0.140 e. The van der Waals surface area contributed by atoms with Crippen LogP contribution in [0.15, 0.2) is 18.2 Å². The van der Waals surface area contributed by atoms with Crippen LogP contribution in [0, 0.1) is 0 Å². The minimum absolute atomic E-state index is 0.0256. The van der Waals surface area contributed by atoms with Gasteiger partial charge in [-0.05, 0) is 23.8 Å². The maximum atomic E-state index is 11.3. The zero-order valence-corrected chi connectivity index (χ0v) is 9.33. The summed E-state index contributed by atoms with van der Waals surface area (Å²) in [7, 11) is 0. The highest BCUT2D eigenvalue weighted by atomic mass is 35.5. The van der Waals surface area contributed by atoms with Gasteiger partial charge in [-0.3, -0.25) is 9.59 Å². The van der Waals surface area contributed by atoms with E-state index < -0.39 is 0 Å². The lowest BCUT2D eigenvalue weighted by atomic mass is 9.82. The third kappa shape index (κ3) is 2.25. The molecule has 1 fully saturated rings. The number of carbonyl (C=O) groups excluding carboxylic acids is 2. The highest BCUT2D eigenvalue weighted by Gasteiger charge is 2.28. The molecule has 1 aliphatic rings. The first kappa shape index (κ1) is 11.1. The molecule has 2 rings (SSSR count). The van der Waals surface area contributed by atoms with Gasteiger partial charge >= 0.3 is 0 Å². The quantitative estimate of drug-likeness (QED) is 0.765. The van der Waals surface area contributed by atoms with E-state index in [-0.39, 0.29) is 29.7 Å². The van der Waals surface area contributed by atoms with Crippen molar-refractivity contribution in [3.05, 3.63) is 28.8 Å². The number of Topliss-reactive ketones (excluding diaryl/α,β-unsaturated/α-hetero) is 2. The van der Waals surface area contributed by atoms with Gasteiger partial charge in [-0.25, -0.2) is 0 Å². The van der Waals surface area contributed by atoms with Crippen molar-refractivity contribution in [2.24, 2.45) is 0 Å². The fourth-order valence-corrected chi connectivity index (χ4v) is 2.24.